The molecule has 3 aromatic rings. The van der Waals surface area contributed by atoms with Crippen molar-refractivity contribution in [1.29, 1.82) is 0 Å². The third-order valence-corrected chi connectivity index (χ3v) is 6.46. The molecule has 0 radical (unpaired) electrons. The molecule has 0 bridgehead atoms. The molecule has 2 fully saturated rings. The molecule has 4 nitrogen and oxygen atoms in total. The third kappa shape index (κ3) is 3.05. The first-order chi connectivity index (χ1) is 14.1. The molecule has 29 heavy (non-hydrogen) atoms. The highest BCUT2D eigenvalue weighted by molar-refractivity contribution is 6.01. The zero-order valence-corrected chi connectivity index (χ0v) is 16.5. The summed E-state index contributed by atoms with van der Waals surface area (Å²) in [6.07, 6.45) is 5.08. The van der Waals surface area contributed by atoms with E-state index in [0.717, 1.165) is 48.1 Å². The number of anilines is 1. The Morgan fingerprint density at radius 2 is 1.79 bits per heavy atom. The molecular weight excluding hydrogens is 365 g/mol. The normalized spacial score (nSPS) is 17.6. The number of carbonyl (C=O) groups excluding carboxylic acids is 1. The number of aromatic nitrogens is 2. The first-order valence-electron chi connectivity index (χ1n) is 10.3. The fraction of sp³-hybridized carbons (Fsp3) is 0.333. The number of benzene rings is 2. The van der Waals surface area contributed by atoms with Crippen LogP contribution >= 0.6 is 0 Å². The van der Waals surface area contributed by atoms with E-state index in [1.54, 1.807) is 12.1 Å². The van der Waals surface area contributed by atoms with E-state index >= 15 is 0 Å². The van der Waals surface area contributed by atoms with Crippen LogP contribution in [0.4, 0.5) is 10.2 Å². The Bertz CT molecular complexity index is 1050. The van der Waals surface area contributed by atoms with Crippen molar-refractivity contribution in [3.8, 4) is 11.3 Å². The summed E-state index contributed by atoms with van der Waals surface area (Å²) in [7, 11) is 1.89. The minimum Gasteiger partial charge on any atom is -0.308 e. The van der Waals surface area contributed by atoms with Gasteiger partial charge >= 0.3 is 0 Å². The maximum absolute atomic E-state index is 13.4. The SMILES string of the molecule is Cn1nc(NC(=O)C2(c3ccccc3)CC2)c(C2CCC2)c1-c1ccc(F)cc1. The molecule has 1 aromatic heterocycles. The highest BCUT2D eigenvalue weighted by Gasteiger charge is 2.51. The molecule has 1 N–H and O–H groups in total. The average Bonchev–Trinajstić information content (AvgIpc) is 3.44. The number of amides is 1. The van der Waals surface area contributed by atoms with Gasteiger partial charge in [0.1, 0.15) is 5.82 Å². The summed E-state index contributed by atoms with van der Waals surface area (Å²) < 4.78 is 15.3. The van der Waals surface area contributed by atoms with Gasteiger partial charge in [-0.15, -0.1) is 0 Å². The van der Waals surface area contributed by atoms with Gasteiger partial charge in [0.2, 0.25) is 5.91 Å². The van der Waals surface area contributed by atoms with Crippen LogP contribution in [0.3, 0.4) is 0 Å². The van der Waals surface area contributed by atoms with Crippen LogP contribution in [0.5, 0.6) is 0 Å². The molecular formula is C24H24FN3O. The largest absolute Gasteiger partial charge is 0.308 e. The van der Waals surface area contributed by atoms with Crippen molar-refractivity contribution in [2.45, 2.75) is 43.4 Å². The van der Waals surface area contributed by atoms with Gasteiger partial charge in [-0.05, 0) is 61.4 Å². The van der Waals surface area contributed by atoms with Gasteiger partial charge in [-0.25, -0.2) is 4.39 Å². The van der Waals surface area contributed by atoms with Crippen molar-refractivity contribution in [3.05, 3.63) is 71.5 Å². The number of nitrogens with zero attached hydrogens (tertiary/aromatic N) is 2. The summed E-state index contributed by atoms with van der Waals surface area (Å²) >= 11 is 0. The van der Waals surface area contributed by atoms with E-state index in [1.165, 1.54) is 18.6 Å². The first-order valence-corrected chi connectivity index (χ1v) is 10.3. The number of carbonyl (C=O) groups is 1. The van der Waals surface area contributed by atoms with Crippen molar-refractivity contribution in [2.75, 3.05) is 5.32 Å². The zero-order valence-electron chi connectivity index (χ0n) is 16.5. The predicted molar refractivity (Wildman–Crippen MR) is 111 cm³/mol. The molecule has 2 aliphatic rings. The summed E-state index contributed by atoms with van der Waals surface area (Å²) in [6.45, 7) is 0. The Morgan fingerprint density at radius 1 is 1.10 bits per heavy atom. The first kappa shape index (κ1) is 18.1. The monoisotopic (exact) mass is 389 g/mol. The van der Waals surface area contributed by atoms with Crippen LogP contribution in [-0.4, -0.2) is 15.7 Å². The van der Waals surface area contributed by atoms with Crippen molar-refractivity contribution < 1.29 is 9.18 Å². The lowest BCUT2D eigenvalue weighted by Crippen LogP contribution is -2.28. The Hall–Kier alpha value is -2.95. The van der Waals surface area contributed by atoms with E-state index < -0.39 is 5.41 Å². The topological polar surface area (TPSA) is 46.9 Å². The van der Waals surface area contributed by atoms with Crippen LogP contribution in [0.25, 0.3) is 11.3 Å². The maximum atomic E-state index is 13.4. The van der Waals surface area contributed by atoms with E-state index in [4.69, 9.17) is 0 Å². The molecule has 2 saturated carbocycles. The fourth-order valence-corrected chi connectivity index (χ4v) is 4.42. The molecule has 0 saturated heterocycles. The number of halogens is 1. The van der Waals surface area contributed by atoms with E-state index in [0.29, 0.717) is 11.7 Å². The van der Waals surface area contributed by atoms with Crippen LogP contribution in [0.15, 0.2) is 54.6 Å². The molecule has 0 aliphatic heterocycles. The van der Waals surface area contributed by atoms with Gasteiger partial charge in [0, 0.05) is 18.2 Å². The summed E-state index contributed by atoms with van der Waals surface area (Å²) in [4.78, 5) is 13.3. The van der Waals surface area contributed by atoms with E-state index in [-0.39, 0.29) is 11.7 Å². The Kier molecular flexibility index (Phi) is 4.26. The minimum absolute atomic E-state index is 0.0213. The third-order valence-electron chi connectivity index (χ3n) is 6.46. The number of aryl methyl sites for hydroxylation is 1. The Labute approximate surface area is 169 Å². The fourth-order valence-electron chi connectivity index (χ4n) is 4.42. The van der Waals surface area contributed by atoms with Crippen molar-refractivity contribution in [1.82, 2.24) is 9.78 Å². The Morgan fingerprint density at radius 3 is 2.38 bits per heavy atom. The maximum Gasteiger partial charge on any atom is 0.236 e. The van der Waals surface area contributed by atoms with Crippen LogP contribution in [-0.2, 0) is 17.3 Å². The number of hydrogen-bond acceptors (Lipinski definition) is 2. The molecule has 5 rings (SSSR count). The molecule has 0 spiro atoms. The number of hydrogen-bond donors (Lipinski definition) is 1. The van der Waals surface area contributed by atoms with E-state index in [2.05, 4.69) is 10.4 Å². The summed E-state index contributed by atoms with van der Waals surface area (Å²) in [5.74, 6) is 0.802. The van der Waals surface area contributed by atoms with Crippen molar-refractivity contribution in [2.24, 2.45) is 7.05 Å². The summed E-state index contributed by atoms with van der Waals surface area (Å²) in [5, 5.41) is 7.84. The van der Waals surface area contributed by atoms with Crippen molar-refractivity contribution >= 4 is 11.7 Å². The molecule has 1 amide bonds. The molecule has 148 valence electrons. The van der Waals surface area contributed by atoms with Gasteiger partial charge in [-0.3, -0.25) is 9.48 Å². The zero-order chi connectivity index (χ0) is 20.0. The van der Waals surface area contributed by atoms with Crippen molar-refractivity contribution in [3.63, 3.8) is 0 Å². The van der Waals surface area contributed by atoms with Gasteiger partial charge in [0.25, 0.3) is 0 Å². The van der Waals surface area contributed by atoms with Crippen LogP contribution in [0, 0.1) is 5.82 Å². The van der Waals surface area contributed by atoms with Gasteiger partial charge < -0.3 is 5.32 Å². The standard InChI is InChI=1S/C24H24FN3O/c1-28-21(17-10-12-19(25)13-11-17)20(16-6-5-7-16)22(27-28)26-23(29)24(14-15-24)18-8-3-2-4-9-18/h2-4,8-13,16H,5-7,14-15H2,1H3,(H,26,27,29). The minimum atomic E-state index is -0.439. The smallest absolute Gasteiger partial charge is 0.236 e. The second-order valence-corrected chi connectivity index (χ2v) is 8.27. The lowest BCUT2D eigenvalue weighted by molar-refractivity contribution is -0.118. The molecule has 5 heteroatoms. The highest BCUT2D eigenvalue weighted by Crippen LogP contribution is 2.50. The molecule has 2 aromatic carbocycles. The van der Waals surface area contributed by atoms with Gasteiger partial charge in [0.05, 0.1) is 11.1 Å². The average molecular weight is 389 g/mol. The van der Waals surface area contributed by atoms with Gasteiger partial charge in [-0.1, -0.05) is 36.8 Å². The van der Waals surface area contributed by atoms with Gasteiger partial charge in [-0.2, -0.15) is 5.10 Å². The highest BCUT2D eigenvalue weighted by atomic mass is 19.1. The second kappa shape index (κ2) is 6.83. The van der Waals surface area contributed by atoms with Gasteiger partial charge in [0.15, 0.2) is 5.82 Å². The number of rotatable bonds is 5. The second-order valence-electron chi connectivity index (χ2n) is 8.27. The molecule has 1 heterocycles. The summed E-state index contributed by atoms with van der Waals surface area (Å²) in [6, 6.07) is 16.5. The quantitative estimate of drug-likeness (QED) is 0.655. The van der Waals surface area contributed by atoms with E-state index in [1.807, 2.05) is 42.1 Å². The lowest BCUT2D eigenvalue weighted by atomic mass is 9.78. The van der Waals surface area contributed by atoms with Crippen LogP contribution < -0.4 is 5.32 Å². The van der Waals surface area contributed by atoms with Crippen LogP contribution in [0.2, 0.25) is 0 Å². The Balaban J connectivity index is 1.51. The van der Waals surface area contributed by atoms with Crippen LogP contribution in [0.1, 0.15) is 49.1 Å². The number of nitrogens with one attached hydrogen (secondary N) is 1. The molecule has 2 aliphatic carbocycles. The van der Waals surface area contributed by atoms with E-state index in [9.17, 15) is 9.18 Å². The molecule has 0 atom stereocenters. The molecule has 0 unspecified atom stereocenters. The lowest BCUT2D eigenvalue weighted by Gasteiger charge is -2.27. The summed E-state index contributed by atoms with van der Waals surface area (Å²) in [5.41, 5.74) is 3.61. The predicted octanol–water partition coefficient (Wildman–Crippen LogP) is 5.16.